The lowest BCUT2D eigenvalue weighted by Gasteiger charge is -2.29. The maximum Gasteiger partial charge on any atom is 0.169 e. The van der Waals surface area contributed by atoms with E-state index in [1.807, 2.05) is 0 Å². The molecule has 0 saturated heterocycles. The number of rotatable bonds is 6. The van der Waals surface area contributed by atoms with Gasteiger partial charge in [0.1, 0.15) is 0 Å². The summed E-state index contributed by atoms with van der Waals surface area (Å²) in [5, 5.41) is 0. The Kier molecular flexibility index (Phi) is 5.24. The van der Waals surface area contributed by atoms with Crippen molar-refractivity contribution in [2.24, 2.45) is 11.3 Å². The molecule has 116 valence electrons. The Labute approximate surface area is 130 Å². The SMILES string of the molecule is CCC(C)c1ccc(C(=O)C2(CC(C)C)CCCC2)cc1. The highest BCUT2D eigenvalue weighted by molar-refractivity contribution is 6.00. The molecule has 0 spiro atoms. The second-order valence-electron chi connectivity index (χ2n) is 7.35. The van der Waals surface area contributed by atoms with Gasteiger partial charge in [-0.05, 0) is 43.1 Å². The fourth-order valence-electron chi connectivity index (χ4n) is 3.86. The maximum atomic E-state index is 13.1. The first kappa shape index (κ1) is 16.3. The van der Waals surface area contributed by atoms with E-state index in [2.05, 4.69) is 52.0 Å². The summed E-state index contributed by atoms with van der Waals surface area (Å²) in [6.45, 7) is 8.92. The first-order valence-corrected chi connectivity index (χ1v) is 8.63. The highest BCUT2D eigenvalue weighted by Gasteiger charge is 2.41. The molecule has 1 aliphatic rings. The molecule has 1 nitrogen and oxygen atoms in total. The van der Waals surface area contributed by atoms with Crippen molar-refractivity contribution in [1.82, 2.24) is 0 Å². The highest BCUT2D eigenvalue weighted by Crippen LogP contribution is 2.45. The summed E-state index contributed by atoms with van der Waals surface area (Å²) in [4.78, 5) is 13.1. The van der Waals surface area contributed by atoms with Gasteiger partial charge in [-0.2, -0.15) is 0 Å². The van der Waals surface area contributed by atoms with Crippen LogP contribution < -0.4 is 0 Å². The van der Waals surface area contributed by atoms with E-state index in [0.717, 1.165) is 31.2 Å². The molecule has 1 fully saturated rings. The van der Waals surface area contributed by atoms with Gasteiger partial charge >= 0.3 is 0 Å². The summed E-state index contributed by atoms with van der Waals surface area (Å²) >= 11 is 0. The lowest BCUT2D eigenvalue weighted by atomic mass is 9.73. The molecule has 1 heteroatoms. The Morgan fingerprint density at radius 3 is 2.14 bits per heavy atom. The Bertz CT molecular complexity index is 463. The van der Waals surface area contributed by atoms with Crippen molar-refractivity contribution in [3.8, 4) is 0 Å². The fraction of sp³-hybridized carbons (Fsp3) is 0.650. The van der Waals surface area contributed by atoms with Crippen LogP contribution in [0.1, 0.15) is 88.1 Å². The molecule has 1 atom stereocenters. The van der Waals surface area contributed by atoms with Crippen molar-refractivity contribution in [3.63, 3.8) is 0 Å². The molecule has 0 radical (unpaired) electrons. The van der Waals surface area contributed by atoms with Crippen molar-refractivity contribution in [3.05, 3.63) is 35.4 Å². The summed E-state index contributed by atoms with van der Waals surface area (Å²) in [6, 6.07) is 8.42. The van der Waals surface area contributed by atoms with E-state index in [4.69, 9.17) is 0 Å². The van der Waals surface area contributed by atoms with Crippen LogP contribution in [0.5, 0.6) is 0 Å². The minimum Gasteiger partial charge on any atom is -0.294 e. The third kappa shape index (κ3) is 3.56. The quantitative estimate of drug-likeness (QED) is 0.587. The molecule has 0 heterocycles. The Morgan fingerprint density at radius 1 is 1.10 bits per heavy atom. The van der Waals surface area contributed by atoms with Crippen molar-refractivity contribution in [2.45, 2.75) is 72.1 Å². The fourth-order valence-corrected chi connectivity index (χ4v) is 3.86. The Morgan fingerprint density at radius 2 is 1.67 bits per heavy atom. The standard InChI is InChI=1S/C20H30O/c1-5-16(4)17-8-10-18(11-9-17)19(21)20(14-15(2)3)12-6-7-13-20/h8-11,15-16H,5-7,12-14H2,1-4H3. The minimum absolute atomic E-state index is 0.0773. The van der Waals surface area contributed by atoms with E-state index < -0.39 is 0 Å². The van der Waals surface area contributed by atoms with Crippen LogP contribution in [0.3, 0.4) is 0 Å². The average Bonchev–Trinajstić information content (AvgIpc) is 2.94. The number of benzene rings is 1. The Hall–Kier alpha value is -1.11. The van der Waals surface area contributed by atoms with E-state index in [0.29, 0.717) is 17.6 Å². The molecule has 1 unspecified atom stereocenters. The Balaban J connectivity index is 2.21. The molecule has 0 bridgehead atoms. The van der Waals surface area contributed by atoms with Gasteiger partial charge in [0.2, 0.25) is 0 Å². The van der Waals surface area contributed by atoms with Gasteiger partial charge in [-0.25, -0.2) is 0 Å². The summed E-state index contributed by atoms with van der Waals surface area (Å²) in [5.41, 5.74) is 2.19. The van der Waals surface area contributed by atoms with E-state index in [-0.39, 0.29) is 5.41 Å². The molecular weight excluding hydrogens is 256 g/mol. The molecule has 0 N–H and O–H groups in total. The van der Waals surface area contributed by atoms with Crippen molar-refractivity contribution >= 4 is 5.78 Å². The zero-order valence-electron chi connectivity index (χ0n) is 14.1. The number of carbonyl (C=O) groups is 1. The summed E-state index contributed by atoms with van der Waals surface area (Å²) < 4.78 is 0. The molecule has 1 aliphatic carbocycles. The van der Waals surface area contributed by atoms with Crippen molar-refractivity contribution in [1.29, 1.82) is 0 Å². The van der Waals surface area contributed by atoms with Crippen LogP contribution in [0.25, 0.3) is 0 Å². The molecule has 0 amide bonds. The normalized spacial score (nSPS) is 18.9. The third-order valence-corrected chi connectivity index (χ3v) is 5.20. The van der Waals surface area contributed by atoms with E-state index in [1.165, 1.54) is 18.4 Å². The van der Waals surface area contributed by atoms with Crippen molar-refractivity contribution in [2.75, 3.05) is 0 Å². The van der Waals surface area contributed by atoms with Gasteiger partial charge in [0.05, 0.1) is 0 Å². The number of carbonyl (C=O) groups excluding carboxylic acids is 1. The molecule has 1 aromatic rings. The molecule has 21 heavy (non-hydrogen) atoms. The predicted octanol–water partition coefficient (Wildman–Crippen LogP) is 5.99. The molecule has 2 rings (SSSR count). The predicted molar refractivity (Wildman–Crippen MR) is 89.8 cm³/mol. The zero-order chi connectivity index (χ0) is 15.5. The van der Waals surface area contributed by atoms with E-state index in [9.17, 15) is 4.79 Å². The van der Waals surface area contributed by atoms with Gasteiger partial charge in [0, 0.05) is 11.0 Å². The first-order valence-electron chi connectivity index (χ1n) is 8.63. The van der Waals surface area contributed by atoms with Crippen LogP contribution in [0.2, 0.25) is 0 Å². The van der Waals surface area contributed by atoms with Crippen LogP contribution in [0.4, 0.5) is 0 Å². The van der Waals surface area contributed by atoms with Crippen LogP contribution in [0.15, 0.2) is 24.3 Å². The molecular formula is C20H30O. The lowest BCUT2D eigenvalue weighted by molar-refractivity contribution is 0.0760. The van der Waals surface area contributed by atoms with Crippen LogP contribution in [0, 0.1) is 11.3 Å². The van der Waals surface area contributed by atoms with E-state index in [1.54, 1.807) is 0 Å². The minimum atomic E-state index is -0.0773. The van der Waals surface area contributed by atoms with Gasteiger partial charge in [-0.15, -0.1) is 0 Å². The highest BCUT2D eigenvalue weighted by atomic mass is 16.1. The van der Waals surface area contributed by atoms with E-state index >= 15 is 0 Å². The number of Topliss-reactive ketones (excluding diaryl/α,β-unsaturated/α-hetero) is 1. The van der Waals surface area contributed by atoms with Crippen LogP contribution >= 0.6 is 0 Å². The molecule has 0 aromatic heterocycles. The first-order chi connectivity index (χ1) is 9.98. The average molecular weight is 286 g/mol. The number of hydrogen-bond acceptors (Lipinski definition) is 1. The second kappa shape index (κ2) is 6.77. The van der Waals surface area contributed by atoms with Crippen LogP contribution in [-0.2, 0) is 0 Å². The van der Waals surface area contributed by atoms with Gasteiger partial charge in [-0.1, -0.05) is 64.8 Å². The molecule has 1 aromatic carbocycles. The smallest absolute Gasteiger partial charge is 0.169 e. The van der Waals surface area contributed by atoms with Crippen LogP contribution in [-0.4, -0.2) is 5.78 Å². The van der Waals surface area contributed by atoms with Gasteiger partial charge in [-0.3, -0.25) is 4.79 Å². The molecule has 0 aliphatic heterocycles. The topological polar surface area (TPSA) is 17.1 Å². The molecule has 1 saturated carbocycles. The maximum absolute atomic E-state index is 13.1. The summed E-state index contributed by atoms with van der Waals surface area (Å²) in [5.74, 6) is 1.56. The summed E-state index contributed by atoms with van der Waals surface area (Å²) in [7, 11) is 0. The number of hydrogen-bond donors (Lipinski definition) is 0. The van der Waals surface area contributed by atoms with Crippen molar-refractivity contribution < 1.29 is 4.79 Å². The lowest BCUT2D eigenvalue weighted by Crippen LogP contribution is -2.30. The van der Waals surface area contributed by atoms with Gasteiger partial charge in [0.15, 0.2) is 5.78 Å². The third-order valence-electron chi connectivity index (χ3n) is 5.20. The monoisotopic (exact) mass is 286 g/mol. The largest absolute Gasteiger partial charge is 0.294 e. The summed E-state index contributed by atoms with van der Waals surface area (Å²) in [6.07, 6.45) is 6.77. The van der Waals surface area contributed by atoms with Gasteiger partial charge < -0.3 is 0 Å². The zero-order valence-corrected chi connectivity index (χ0v) is 14.1. The van der Waals surface area contributed by atoms with Gasteiger partial charge in [0.25, 0.3) is 0 Å². The number of ketones is 1. The second-order valence-corrected chi connectivity index (χ2v) is 7.35.